The summed E-state index contributed by atoms with van der Waals surface area (Å²) in [4.78, 5) is 44.0. The Hall–Kier alpha value is -4.44. The van der Waals surface area contributed by atoms with Crippen LogP contribution in [-0.2, 0) is 4.79 Å². The molecule has 1 aromatic heterocycles. The summed E-state index contributed by atoms with van der Waals surface area (Å²) in [5, 5.41) is 10.2. The van der Waals surface area contributed by atoms with E-state index < -0.39 is 29.9 Å². The average molecular weight is 561 g/mol. The number of rotatable bonds is 10. The fourth-order valence-electron chi connectivity index (χ4n) is 4.72. The zero-order valence-corrected chi connectivity index (χ0v) is 23.1. The van der Waals surface area contributed by atoms with E-state index in [2.05, 4.69) is 16.9 Å². The summed E-state index contributed by atoms with van der Waals surface area (Å²) in [5.74, 6) is -0.790. The van der Waals surface area contributed by atoms with Gasteiger partial charge in [-0.1, -0.05) is 31.2 Å². The monoisotopic (exact) mass is 560 g/mol. The Bertz CT molecular complexity index is 1540. The second-order valence-electron chi connectivity index (χ2n) is 10.7. The first-order valence-corrected chi connectivity index (χ1v) is 13.6. The molecule has 0 radical (unpaired) electrons. The van der Waals surface area contributed by atoms with Crippen LogP contribution in [0.1, 0.15) is 80.5 Å². The molecule has 1 fully saturated rings. The number of carbonyl (C=O) groups is 2. The van der Waals surface area contributed by atoms with Crippen LogP contribution in [0.2, 0.25) is 0 Å². The number of nitrogens with one attached hydrogen (secondary N) is 1. The Morgan fingerprint density at radius 3 is 2.59 bits per heavy atom. The van der Waals surface area contributed by atoms with Gasteiger partial charge in [0.1, 0.15) is 28.7 Å². The highest BCUT2D eigenvalue weighted by Crippen LogP contribution is 2.49. The first-order valence-electron chi connectivity index (χ1n) is 13.6. The molecule has 10 heteroatoms. The molecule has 10 nitrogen and oxygen atoms in total. The van der Waals surface area contributed by atoms with Gasteiger partial charge in [-0.15, -0.1) is 0 Å². The molecule has 1 aliphatic carbocycles. The Labute approximate surface area is 236 Å². The summed E-state index contributed by atoms with van der Waals surface area (Å²) in [6.07, 6.45) is 4.92. The quantitative estimate of drug-likeness (QED) is 0.256. The van der Waals surface area contributed by atoms with Crippen molar-refractivity contribution in [2.24, 2.45) is 5.41 Å². The minimum atomic E-state index is -1.19. The number of aliphatic hydroxyl groups is 1. The Morgan fingerprint density at radius 2 is 1.88 bits per heavy atom. The molecule has 41 heavy (non-hydrogen) atoms. The van der Waals surface area contributed by atoms with Crippen molar-refractivity contribution in [3.05, 3.63) is 81.7 Å². The summed E-state index contributed by atoms with van der Waals surface area (Å²) in [5.41, 5.74) is 1.88. The SMILES string of the molecule is CC(=O)Oc1ccccc1C(=O)Oc1ccc(C(C)Oc2nc3c(c(=O)[nH]2)C(CCCC2(C)CC2)=CC(O)O3)cc1. The van der Waals surface area contributed by atoms with E-state index in [9.17, 15) is 19.5 Å². The lowest BCUT2D eigenvalue weighted by molar-refractivity contribution is -0.131. The number of fused-ring (bicyclic) bond motifs is 1. The number of aromatic amines is 1. The van der Waals surface area contributed by atoms with Crippen molar-refractivity contribution in [2.45, 2.75) is 65.3 Å². The van der Waals surface area contributed by atoms with Crippen LogP contribution in [0.3, 0.4) is 0 Å². The topological polar surface area (TPSA) is 137 Å². The van der Waals surface area contributed by atoms with Crippen molar-refractivity contribution in [3.8, 4) is 23.4 Å². The molecule has 0 bridgehead atoms. The molecule has 1 aliphatic heterocycles. The summed E-state index contributed by atoms with van der Waals surface area (Å²) in [6.45, 7) is 5.29. The van der Waals surface area contributed by atoms with E-state index in [-0.39, 0.29) is 29.0 Å². The van der Waals surface area contributed by atoms with Gasteiger partial charge >= 0.3 is 11.9 Å². The number of aliphatic hydroxyl groups excluding tert-OH is 1. The minimum Gasteiger partial charge on any atom is -0.457 e. The number of allylic oxidation sites excluding steroid dienone is 1. The standard InChI is InChI=1S/C31H32N2O8/c1-18(20-10-12-22(13-11-20)40-29(37)23-8-4-5-9-24(23)39-19(2)34)38-30-32-27(36)26-21(7-6-14-31(3)15-16-31)17-25(35)41-28(26)33-30/h4-5,8-13,17-18,25,35H,6-7,14-16H2,1-3H3,(H,32,33,36). The number of carbonyl (C=O) groups excluding carboxylic acids is 2. The molecule has 0 spiro atoms. The van der Waals surface area contributed by atoms with Gasteiger partial charge in [0, 0.05) is 6.92 Å². The molecule has 1 saturated carbocycles. The second-order valence-corrected chi connectivity index (χ2v) is 10.7. The number of hydrogen-bond acceptors (Lipinski definition) is 9. The molecule has 5 rings (SSSR count). The Morgan fingerprint density at radius 1 is 1.15 bits per heavy atom. The molecule has 2 aliphatic rings. The van der Waals surface area contributed by atoms with Gasteiger partial charge in [0.05, 0.1) is 0 Å². The number of nitrogens with zero attached hydrogens (tertiary/aromatic N) is 1. The van der Waals surface area contributed by atoms with Crippen LogP contribution in [0.4, 0.5) is 0 Å². The van der Waals surface area contributed by atoms with E-state index in [1.165, 1.54) is 31.9 Å². The molecule has 0 amide bonds. The molecule has 3 aromatic rings. The Kier molecular flexibility index (Phi) is 7.94. The lowest BCUT2D eigenvalue weighted by atomic mass is 9.95. The molecule has 2 unspecified atom stereocenters. The van der Waals surface area contributed by atoms with Crippen LogP contribution in [0.25, 0.3) is 5.57 Å². The van der Waals surface area contributed by atoms with Crippen LogP contribution in [0.15, 0.2) is 59.4 Å². The summed E-state index contributed by atoms with van der Waals surface area (Å²) in [6, 6.07) is 12.9. The van der Waals surface area contributed by atoms with Gasteiger partial charge in [-0.2, -0.15) is 4.98 Å². The first kappa shape index (κ1) is 28.1. The highest BCUT2D eigenvalue weighted by atomic mass is 16.6. The fourth-order valence-corrected chi connectivity index (χ4v) is 4.72. The van der Waals surface area contributed by atoms with Crippen LogP contribution in [0, 0.1) is 5.41 Å². The summed E-state index contributed by atoms with van der Waals surface area (Å²) < 4.78 is 21.9. The smallest absolute Gasteiger partial charge is 0.347 e. The third-order valence-corrected chi connectivity index (χ3v) is 7.30. The van der Waals surface area contributed by atoms with Gasteiger partial charge in [0.25, 0.3) is 11.6 Å². The van der Waals surface area contributed by atoms with Crippen LogP contribution in [0.5, 0.6) is 23.4 Å². The van der Waals surface area contributed by atoms with Crippen molar-refractivity contribution in [3.63, 3.8) is 0 Å². The van der Waals surface area contributed by atoms with Gasteiger partial charge in [0.15, 0.2) is 0 Å². The lowest BCUT2D eigenvalue weighted by Crippen LogP contribution is -2.26. The van der Waals surface area contributed by atoms with Gasteiger partial charge < -0.3 is 24.1 Å². The maximum atomic E-state index is 13.0. The van der Waals surface area contributed by atoms with Crippen LogP contribution in [-0.4, -0.2) is 33.3 Å². The molecule has 0 saturated heterocycles. The fraction of sp³-hybridized carbons (Fsp3) is 0.355. The molecule has 2 N–H and O–H groups in total. The molecule has 2 heterocycles. The lowest BCUT2D eigenvalue weighted by Gasteiger charge is -2.22. The molecule has 2 atom stereocenters. The number of ether oxygens (including phenoxy) is 4. The predicted molar refractivity (Wildman–Crippen MR) is 149 cm³/mol. The third-order valence-electron chi connectivity index (χ3n) is 7.30. The molecular formula is C31H32N2O8. The largest absolute Gasteiger partial charge is 0.457 e. The number of esters is 2. The van der Waals surface area contributed by atoms with E-state index in [1.54, 1.807) is 49.4 Å². The van der Waals surface area contributed by atoms with Crippen molar-refractivity contribution in [1.82, 2.24) is 9.97 Å². The van der Waals surface area contributed by atoms with Gasteiger partial charge in [-0.25, -0.2) is 4.79 Å². The number of H-pyrrole nitrogens is 1. The van der Waals surface area contributed by atoms with E-state index in [0.29, 0.717) is 17.4 Å². The zero-order chi connectivity index (χ0) is 29.1. The maximum absolute atomic E-state index is 13.0. The van der Waals surface area contributed by atoms with Crippen LogP contribution >= 0.6 is 0 Å². The van der Waals surface area contributed by atoms with Crippen LogP contribution < -0.4 is 24.5 Å². The van der Waals surface area contributed by atoms with Gasteiger partial charge in [-0.3, -0.25) is 14.6 Å². The van der Waals surface area contributed by atoms with E-state index >= 15 is 0 Å². The maximum Gasteiger partial charge on any atom is 0.347 e. The van der Waals surface area contributed by atoms with Crippen molar-refractivity contribution in [1.29, 1.82) is 0 Å². The van der Waals surface area contributed by atoms with Gasteiger partial charge in [0.2, 0.25) is 12.2 Å². The number of para-hydroxylation sites is 1. The highest BCUT2D eigenvalue weighted by Gasteiger charge is 2.36. The molecular weight excluding hydrogens is 528 g/mol. The molecule has 214 valence electrons. The number of benzene rings is 2. The third kappa shape index (κ3) is 6.83. The normalized spacial score (nSPS) is 17.4. The minimum absolute atomic E-state index is 0.0369. The van der Waals surface area contributed by atoms with Gasteiger partial charge in [-0.05, 0) is 85.9 Å². The van der Waals surface area contributed by atoms with E-state index in [1.807, 2.05) is 0 Å². The highest BCUT2D eigenvalue weighted by molar-refractivity contribution is 5.94. The average Bonchev–Trinajstić information content (AvgIpc) is 3.65. The van der Waals surface area contributed by atoms with Crippen molar-refractivity contribution in [2.75, 3.05) is 0 Å². The predicted octanol–water partition coefficient (Wildman–Crippen LogP) is 5.12. The Balaban J connectivity index is 1.24. The van der Waals surface area contributed by atoms with Crippen molar-refractivity contribution >= 4 is 17.5 Å². The summed E-state index contributed by atoms with van der Waals surface area (Å²) >= 11 is 0. The van der Waals surface area contributed by atoms with E-state index in [4.69, 9.17) is 18.9 Å². The van der Waals surface area contributed by atoms with Crippen molar-refractivity contribution < 1.29 is 33.6 Å². The van der Waals surface area contributed by atoms with E-state index in [0.717, 1.165) is 24.0 Å². The number of aromatic nitrogens is 2. The number of hydrogen-bond donors (Lipinski definition) is 2. The summed E-state index contributed by atoms with van der Waals surface area (Å²) in [7, 11) is 0. The first-order chi connectivity index (χ1) is 19.6. The molecule has 2 aromatic carbocycles. The second kappa shape index (κ2) is 11.6. The zero-order valence-electron chi connectivity index (χ0n) is 23.1.